The third-order valence-electron chi connectivity index (χ3n) is 6.64. The lowest BCUT2D eigenvalue weighted by Gasteiger charge is -2.33. The van der Waals surface area contributed by atoms with E-state index in [4.69, 9.17) is 0 Å². The lowest BCUT2D eigenvalue weighted by atomic mass is 9.72. The van der Waals surface area contributed by atoms with Crippen LogP contribution in [0.5, 0.6) is 0 Å². The maximum atomic E-state index is 13.2. The van der Waals surface area contributed by atoms with Crippen molar-refractivity contribution < 1.29 is 4.79 Å². The van der Waals surface area contributed by atoms with E-state index in [1.54, 1.807) is 16.2 Å². The van der Waals surface area contributed by atoms with Crippen LogP contribution >= 0.6 is 11.3 Å². The van der Waals surface area contributed by atoms with E-state index in [0.29, 0.717) is 22.7 Å². The normalized spacial score (nSPS) is 18.5. The number of carbonyl (C=O) groups is 1. The number of hydrogen-bond acceptors (Lipinski definition) is 5. The number of carbonyl (C=O) groups excluding carboxylic acids is 1. The monoisotopic (exact) mass is 422 g/mol. The molecular weight excluding hydrogens is 396 g/mol. The molecule has 2 aromatic heterocycles. The van der Waals surface area contributed by atoms with Gasteiger partial charge in [0, 0.05) is 17.1 Å². The molecule has 1 aliphatic carbocycles. The molecule has 2 aliphatic rings. The molecule has 0 spiro atoms. The topological polar surface area (TPSA) is 68.1 Å². The Bertz CT molecular complexity index is 1200. The van der Waals surface area contributed by atoms with Gasteiger partial charge in [0.1, 0.15) is 6.54 Å². The summed E-state index contributed by atoms with van der Waals surface area (Å²) in [4.78, 5) is 29.9. The number of anilines is 1. The van der Waals surface area contributed by atoms with Crippen LogP contribution in [0.2, 0.25) is 0 Å². The molecule has 7 heteroatoms. The van der Waals surface area contributed by atoms with Crippen LogP contribution in [0.15, 0.2) is 29.1 Å². The van der Waals surface area contributed by atoms with Crippen LogP contribution in [0.3, 0.4) is 0 Å². The highest BCUT2D eigenvalue weighted by molar-refractivity contribution is 7.18. The van der Waals surface area contributed by atoms with Crippen LogP contribution in [0.4, 0.5) is 5.69 Å². The summed E-state index contributed by atoms with van der Waals surface area (Å²) in [5, 5.41) is 9.09. The van der Waals surface area contributed by atoms with E-state index in [1.165, 1.54) is 15.1 Å². The molecule has 30 heavy (non-hydrogen) atoms. The van der Waals surface area contributed by atoms with Gasteiger partial charge in [0.05, 0.1) is 5.39 Å². The molecule has 156 valence electrons. The van der Waals surface area contributed by atoms with Crippen molar-refractivity contribution in [2.24, 2.45) is 11.3 Å². The first-order valence-corrected chi connectivity index (χ1v) is 11.4. The maximum Gasteiger partial charge on any atom is 0.279 e. The zero-order valence-corrected chi connectivity index (χ0v) is 18.5. The van der Waals surface area contributed by atoms with Gasteiger partial charge >= 0.3 is 0 Å². The maximum absolute atomic E-state index is 13.2. The molecule has 0 bridgehead atoms. The number of fused-ring (bicyclic) bond motifs is 4. The summed E-state index contributed by atoms with van der Waals surface area (Å²) in [7, 11) is 0. The number of rotatable bonds is 2. The van der Waals surface area contributed by atoms with Crippen molar-refractivity contribution in [1.82, 2.24) is 15.0 Å². The average molecular weight is 423 g/mol. The largest absolute Gasteiger partial charge is 0.310 e. The van der Waals surface area contributed by atoms with Gasteiger partial charge in [-0.2, -0.15) is 0 Å². The summed E-state index contributed by atoms with van der Waals surface area (Å²) < 4.78 is 1.24. The molecule has 5 rings (SSSR count). The SMILES string of the molecule is CC(C)(C)[C@@H]1CCc2c(sc3nnn(CC(=O)N4CCc5ccccc54)c(=O)c23)C1. The van der Waals surface area contributed by atoms with Crippen LogP contribution in [-0.4, -0.2) is 27.4 Å². The molecule has 0 saturated heterocycles. The number of hydrogen-bond donors (Lipinski definition) is 0. The van der Waals surface area contributed by atoms with E-state index < -0.39 is 0 Å². The summed E-state index contributed by atoms with van der Waals surface area (Å²) in [6.07, 6.45) is 3.80. The predicted molar refractivity (Wildman–Crippen MR) is 119 cm³/mol. The molecule has 0 unspecified atom stereocenters. The van der Waals surface area contributed by atoms with Crippen LogP contribution < -0.4 is 10.5 Å². The number of aromatic nitrogens is 3. The van der Waals surface area contributed by atoms with Crippen molar-refractivity contribution >= 4 is 33.1 Å². The Morgan fingerprint density at radius 1 is 1.23 bits per heavy atom. The third-order valence-corrected chi connectivity index (χ3v) is 7.78. The zero-order chi connectivity index (χ0) is 21.0. The summed E-state index contributed by atoms with van der Waals surface area (Å²) in [6.45, 7) is 7.41. The van der Waals surface area contributed by atoms with Crippen molar-refractivity contribution in [2.45, 2.75) is 53.0 Å². The van der Waals surface area contributed by atoms with E-state index in [2.05, 4.69) is 31.1 Å². The first kappa shape index (κ1) is 19.4. The van der Waals surface area contributed by atoms with Crippen molar-refractivity contribution in [2.75, 3.05) is 11.4 Å². The highest BCUT2D eigenvalue weighted by Gasteiger charge is 2.32. The second-order valence-electron chi connectivity index (χ2n) is 9.47. The summed E-state index contributed by atoms with van der Waals surface area (Å²) in [6, 6.07) is 7.92. The van der Waals surface area contributed by atoms with Crippen LogP contribution in [0, 0.1) is 11.3 Å². The van der Waals surface area contributed by atoms with E-state index in [-0.39, 0.29) is 23.4 Å². The molecule has 0 fully saturated rings. The Morgan fingerprint density at radius 3 is 2.83 bits per heavy atom. The fourth-order valence-corrected chi connectivity index (χ4v) is 6.02. The smallest absolute Gasteiger partial charge is 0.279 e. The van der Waals surface area contributed by atoms with Gasteiger partial charge in [-0.05, 0) is 54.2 Å². The summed E-state index contributed by atoms with van der Waals surface area (Å²) >= 11 is 1.60. The number of aryl methyl sites for hydroxylation is 1. The first-order valence-electron chi connectivity index (χ1n) is 10.6. The van der Waals surface area contributed by atoms with Crippen LogP contribution in [-0.2, 0) is 30.6 Å². The lowest BCUT2D eigenvalue weighted by molar-refractivity contribution is -0.119. The molecule has 1 amide bonds. The Kier molecular flexibility index (Phi) is 4.54. The molecular formula is C23H26N4O2S. The Hall–Kier alpha value is -2.54. The Balaban J connectivity index is 1.45. The van der Waals surface area contributed by atoms with E-state index in [9.17, 15) is 9.59 Å². The van der Waals surface area contributed by atoms with Crippen molar-refractivity contribution in [1.29, 1.82) is 0 Å². The zero-order valence-electron chi connectivity index (χ0n) is 17.6. The third kappa shape index (κ3) is 3.16. The van der Waals surface area contributed by atoms with Crippen molar-refractivity contribution in [3.8, 4) is 0 Å². The van der Waals surface area contributed by atoms with Crippen LogP contribution in [0.1, 0.15) is 43.2 Å². The minimum Gasteiger partial charge on any atom is -0.310 e. The Labute approximate surface area is 179 Å². The van der Waals surface area contributed by atoms with Gasteiger partial charge in [0.2, 0.25) is 5.91 Å². The van der Waals surface area contributed by atoms with Gasteiger partial charge in [-0.1, -0.05) is 44.2 Å². The molecule has 0 saturated carbocycles. The lowest BCUT2D eigenvalue weighted by Crippen LogP contribution is -2.37. The minimum atomic E-state index is -0.187. The molecule has 6 nitrogen and oxygen atoms in total. The van der Waals surface area contributed by atoms with Gasteiger partial charge in [0.15, 0.2) is 4.83 Å². The second-order valence-corrected chi connectivity index (χ2v) is 10.5. The van der Waals surface area contributed by atoms with Gasteiger partial charge in [-0.15, -0.1) is 16.4 Å². The van der Waals surface area contributed by atoms with Gasteiger partial charge < -0.3 is 4.90 Å². The second kappa shape index (κ2) is 7.01. The number of amides is 1. The van der Waals surface area contributed by atoms with Gasteiger partial charge in [-0.25, -0.2) is 4.68 Å². The molecule has 1 aliphatic heterocycles. The summed E-state index contributed by atoms with van der Waals surface area (Å²) in [5.41, 5.74) is 3.29. The fourth-order valence-electron chi connectivity index (χ4n) is 4.78. The number of thiophene rings is 1. The van der Waals surface area contributed by atoms with Crippen LogP contribution in [0.25, 0.3) is 10.2 Å². The molecule has 1 atom stereocenters. The number of para-hydroxylation sites is 1. The predicted octanol–water partition coefficient (Wildman–Crippen LogP) is 3.59. The fraction of sp³-hybridized carbons (Fsp3) is 0.478. The molecule has 3 heterocycles. The minimum absolute atomic E-state index is 0.0780. The van der Waals surface area contributed by atoms with Gasteiger partial charge in [-0.3, -0.25) is 9.59 Å². The molecule has 3 aromatic rings. The highest BCUT2D eigenvalue weighted by Crippen LogP contribution is 2.41. The molecule has 0 N–H and O–H groups in total. The molecule has 1 aromatic carbocycles. The Morgan fingerprint density at radius 2 is 2.03 bits per heavy atom. The van der Waals surface area contributed by atoms with Crippen molar-refractivity contribution in [3.05, 3.63) is 50.6 Å². The standard InChI is InChI=1S/C23H26N4O2S/c1-23(2,3)15-8-9-16-18(12-15)30-21-20(16)22(29)27(25-24-21)13-19(28)26-11-10-14-6-4-5-7-17(14)26/h4-7,15H,8-13H2,1-3H3/t15-/m1/s1. The summed E-state index contributed by atoms with van der Waals surface area (Å²) in [5.74, 6) is 0.484. The highest BCUT2D eigenvalue weighted by atomic mass is 32.1. The first-order chi connectivity index (χ1) is 14.3. The van der Waals surface area contributed by atoms with E-state index in [1.807, 2.05) is 24.3 Å². The van der Waals surface area contributed by atoms with Crippen molar-refractivity contribution in [3.63, 3.8) is 0 Å². The molecule has 0 radical (unpaired) electrons. The quantitative estimate of drug-likeness (QED) is 0.633. The number of benzene rings is 1. The van der Waals surface area contributed by atoms with E-state index in [0.717, 1.165) is 36.9 Å². The number of nitrogens with zero attached hydrogens (tertiary/aromatic N) is 4. The average Bonchev–Trinajstić information content (AvgIpc) is 3.30. The van der Waals surface area contributed by atoms with Gasteiger partial charge in [0.25, 0.3) is 5.56 Å². The van der Waals surface area contributed by atoms with E-state index >= 15 is 0 Å².